The summed E-state index contributed by atoms with van der Waals surface area (Å²) in [6.07, 6.45) is 7.31. The number of amides is 1. The van der Waals surface area contributed by atoms with Gasteiger partial charge in [0.2, 0.25) is 0 Å². The summed E-state index contributed by atoms with van der Waals surface area (Å²) < 4.78 is 62.2. The molecule has 2 N–H and O–H groups in total. The molecule has 45 heavy (non-hydrogen) atoms. The lowest BCUT2D eigenvalue weighted by Crippen LogP contribution is -2.52. The first-order valence-corrected chi connectivity index (χ1v) is 16.9. The van der Waals surface area contributed by atoms with Crippen molar-refractivity contribution in [2.24, 2.45) is 11.8 Å². The average Bonchev–Trinajstić information content (AvgIpc) is 3.36. The molecule has 5 atom stereocenters. The Morgan fingerprint density at radius 1 is 1.09 bits per heavy atom. The second kappa shape index (κ2) is 12.2. The molecule has 2 aliphatic heterocycles. The number of carbonyl (C=O) groups excluding carboxylic acids is 1. The number of anilines is 1. The van der Waals surface area contributed by atoms with E-state index < -0.39 is 42.8 Å². The molecule has 0 bridgehead atoms. The maximum atomic E-state index is 14.9. The third-order valence-electron chi connectivity index (χ3n) is 9.93. The third kappa shape index (κ3) is 5.44. The number of sulfone groups is 1. The summed E-state index contributed by atoms with van der Waals surface area (Å²) in [5, 5.41) is 11.1. The molecule has 1 amide bonds. The van der Waals surface area contributed by atoms with Crippen LogP contribution in [0.15, 0.2) is 84.7 Å². The molecule has 5 unspecified atom stereocenters. The largest absolute Gasteiger partial charge is 0.379 e. The fourth-order valence-corrected chi connectivity index (χ4v) is 9.90. The molecule has 0 spiro atoms. The maximum absolute atomic E-state index is 14.9. The molecule has 3 aliphatic rings. The maximum Gasteiger partial charge on any atom is 0.255 e. The van der Waals surface area contributed by atoms with Crippen molar-refractivity contribution in [3.8, 4) is 0 Å². The Balaban J connectivity index is 1.65. The molecule has 6 nitrogen and oxygen atoms in total. The van der Waals surface area contributed by atoms with Gasteiger partial charge in [0.1, 0.15) is 16.4 Å². The molecule has 2 fully saturated rings. The van der Waals surface area contributed by atoms with Gasteiger partial charge >= 0.3 is 0 Å². The number of nitrogens with one attached hydrogen (secondary N) is 2. The number of hydrogen-bond donors (Lipinski definition) is 2. The van der Waals surface area contributed by atoms with E-state index in [-0.39, 0.29) is 37.2 Å². The predicted molar refractivity (Wildman–Crippen MR) is 175 cm³/mol. The fraction of sp³-hybridized carbons (Fsp3) is 0.389. The second-order valence-corrected chi connectivity index (χ2v) is 15.0. The molecule has 0 aromatic heterocycles. The van der Waals surface area contributed by atoms with Gasteiger partial charge in [-0.2, -0.15) is 0 Å². The Hall–Kier alpha value is -3.69. The Morgan fingerprint density at radius 2 is 1.80 bits per heavy atom. The van der Waals surface area contributed by atoms with Crippen LogP contribution in [-0.4, -0.2) is 38.5 Å². The molecular weight excluding hydrogens is 594 g/mol. The minimum absolute atomic E-state index is 0.0504. The quantitative estimate of drug-likeness (QED) is 0.328. The van der Waals surface area contributed by atoms with Gasteiger partial charge in [-0.3, -0.25) is 4.79 Å². The lowest BCUT2D eigenvalue weighted by atomic mass is 9.64. The number of fused-ring (bicyclic) bond motifs is 1. The topological polar surface area (TPSA) is 96.3 Å². The van der Waals surface area contributed by atoms with Crippen LogP contribution < -0.4 is 5.32 Å². The highest BCUT2D eigenvalue weighted by Crippen LogP contribution is 2.55. The van der Waals surface area contributed by atoms with E-state index in [0.29, 0.717) is 35.2 Å². The van der Waals surface area contributed by atoms with Crippen molar-refractivity contribution in [2.45, 2.75) is 62.4 Å². The first kappa shape index (κ1) is 32.7. The van der Waals surface area contributed by atoms with Crippen molar-refractivity contribution in [1.82, 2.24) is 0 Å². The van der Waals surface area contributed by atoms with Gasteiger partial charge in [0.15, 0.2) is 9.84 Å². The number of halogens is 2. The summed E-state index contributed by atoms with van der Waals surface area (Å²) in [7, 11) is -4.16. The zero-order valence-corrected chi connectivity index (χ0v) is 26.9. The molecule has 0 saturated carbocycles. The highest BCUT2D eigenvalue weighted by atomic mass is 32.2. The summed E-state index contributed by atoms with van der Waals surface area (Å²) in [5.74, 6) is -1.84. The van der Waals surface area contributed by atoms with Crippen LogP contribution in [-0.2, 0) is 29.5 Å². The van der Waals surface area contributed by atoms with Crippen LogP contribution in [0, 0.1) is 23.1 Å². The van der Waals surface area contributed by atoms with Gasteiger partial charge in [0, 0.05) is 22.4 Å². The van der Waals surface area contributed by atoms with Crippen molar-refractivity contribution >= 4 is 32.7 Å². The van der Waals surface area contributed by atoms with E-state index in [1.807, 2.05) is 32.9 Å². The lowest BCUT2D eigenvalue weighted by Gasteiger charge is -2.41. The first-order valence-electron chi connectivity index (χ1n) is 15.3. The summed E-state index contributed by atoms with van der Waals surface area (Å²) >= 11 is 0. The molecule has 238 valence electrons. The Bertz CT molecular complexity index is 1740. The smallest absolute Gasteiger partial charge is 0.255 e. The van der Waals surface area contributed by atoms with Crippen molar-refractivity contribution in [3.05, 3.63) is 107 Å². The Morgan fingerprint density at radius 3 is 2.44 bits per heavy atom. The number of hydrogen-bond acceptors (Lipinski definition) is 5. The van der Waals surface area contributed by atoms with Gasteiger partial charge in [0.05, 0.1) is 18.5 Å². The van der Waals surface area contributed by atoms with Crippen molar-refractivity contribution in [1.29, 1.82) is 5.41 Å². The van der Waals surface area contributed by atoms with E-state index in [2.05, 4.69) is 11.9 Å². The zero-order valence-electron chi connectivity index (χ0n) is 26.1. The summed E-state index contributed by atoms with van der Waals surface area (Å²) in [6, 6.07) is 10.7. The van der Waals surface area contributed by atoms with E-state index in [0.717, 1.165) is 11.1 Å². The minimum Gasteiger partial charge on any atom is -0.379 e. The SMILES string of the molecule is C=C(C)c1ccc(NC(=O)C2=CC(CC)C=C(F)C=C2)cc1C12COCC1S(=O)(=O)C(C)(c1ccc(F)cc1)C(=N)CC2CC. The molecule has 5 rings (SSSR count). The lowest BCUT2D eigenvalue weighted by molar-refractivity contribution is -0.112. The molecule has 2 aromatic carbocycles. The summed E-state index contributed by atoms with van der Waals surface area (Å²) in [4.78, 5) is 13.4. The van der Waals surface area contributed by atoms with E-state index in [1.165, 1.54) is 42.5 Å². The normalized spacial score (nSPS) is 29.2. The molecule has 9 heteroatoms. The van der Waals surface area contributed by atoms with Gasteiger partial charge in [0.25, 0.3) is 5.91 Å². The van der Waals surface area contributed by atoms with Gasteiger partial charge < -0.3 is 15.5 Å². The predicted octanol–water partition coefficient (Wildman–Crippen LogP) is 7.59. The van der Waals surface area contributed by atoms with Gasteiger partial charge in [-0.15, -0.1) is 0 Å². The van der Waals surface area contributed by atoms with Crippen LogP contribution >= 0.6 is 0 Å². The number of carbonyl (C=O) groups is 1. The van der Waals surface area contributed by atoms with Crippen LogP contribution in [0.4, 0.5) is 14.5 Å². The van der Waals surface area contributed by atoms with Gasteiger partial charge in [-0.05, 0) is 97.7 Å². The average molecular weight is 635 g/mol. The van der Waals surface area contributed by atoms with Crippen LogP contribution in [0.5, 0.6) is 0 Å². The number of allylic oxidation sites excluding steroid dienone is 5. The first-order chi connectivity index (χ1) is 21.3. The number of ether oxygens (including phenoxy) is 1. The third-order valence-corrected chi connectivity index (χ3v) is 12.9. The molecular formula is C36H40F2N2O4S. The van der Waals surface area contributed by atoms with E-state index in [1.54, 1.807) is 19.1 Å². The Kier molecular flexibility index (Phi) is 8.90. The molecule has 1 aliphatic carbocycles. The van der Waals surface area contributed by atoms with Gasteiger partial charge in [-0.1, -0.05) is 56.7 Å². The van der Waals surface area contributed by atoms with Crippen molar-refractivity contribution < 1.29 is 26.7 Å². The molecule has 2 aromatic rings. The fourth-order valence-electron chi connectivity index (χ4n) is 7.22. The van der Waals surface area contributed by atoms with Crippen molar-refractivity contribution in [3.63, 3.8) is 0 Å². The minimum atomic E-state index is -4.16. The zero-order chi connectivity index (χ0) is 32.7. The second-order valence-electron chi connectivity index (χ2n) is 12.5. The highest BCUT2D eigenvalue weighted by Gasteiger charge is 2.64. The van der Waals surface area contributed by atoms with E-state index in [9.17, 15) is 27.4 Å². The van der Waals surface area contributed by atoms with Crippen molar-refractivity contribution in [2.75, 3.05) is 18.5 Å². The monoisotopic (exact) mass is 634 g/mol. The Labute approximate surface area is 264 Å². The van der Waals surface area contributed by atoms with Gasteiger partial charge in [-0.25, -0.2) is 17.2 Å². The summed E-state index contributed by atoms with van der Waals surface area (Å²) in [6.45, 7) is 11.5. The highest BCUT2D eigenvalue weighted by molar-refractivity contribution is 7.93. The van der Waals surface area contributed by atoms with Crippen LogP contribution in [0.3, 0.4) is 0 Å². The van der Waals surface area contributed by atoms with Crippen LogP contribution in [0.1, 0.15) is 63.6 Å². The molecule has 2 heterocycles. The number of rotatable bonds is 7. The van der Waals surface area contributed by atoms with E-state index in [4.69, 9.17) is 4.74 Å². The molecule has 0 radical (unpaired) electrons. The number of benzene rings is 2. The summed E-state index contributed by atoms with van der Waals surface area (Å²) in [5.41, 5.74) is 2.26. The van der Waals surface area contributed by atoms with Crippen LogP contribution in [0.25, 0.3) is 5.57 Å². The standard InChI is InChI=1S/C36H40F2N2O4S/c1-6-23-16-24(8-11-28(38)17-23)34(41)40-29-14-15-30(22(3)4)31(19-29)36-21-44-20-33(36)45(42,43)35(5,32(39)18-25(36)7-2)26-9-12-27(37)13-10-26/h8-17,19,23,25,33,39H,3,6-7,18,20-21H2,1-2,4-5H3,(H,40,41). The molecule has 2 saturated heterocycles. The van der Waals surface area contributed by atoms with Crippen LogP contribution in [0.2, 0.25) is 0 Å². The van der Waals surface area contributed by atoms with E-state index >= 15 is 0 Å².